The summed E-state index contributed by atoms with van der Waals surface area (Å²) in [4.78, 5) is 18.1. The highest BCUT2D eigenvalue weighted by Gasteiger charge is 2.24. The van der Waals surface area contributed by atoms with E-state index in [1.54, 1.807) is 18.2 Å². The average Bonchev–Trinajstić information content (AvgIpc) is 2.58. The molecule has 0 saturated carbocycles. The Morgan fingerprint density at radius 1 is 1.36 bits per heavy atom. The van der Waals surface area contributed by atoms with Crippen molar-refractivity contribution in [1.29, 1.82) is 0 Å². The molecule has 1 amide bonds. The van der Waals surface area contributed by atoms with Gasteiger partial charge in [-0.2, -0.15) is 0 Å². The second-order valence-electron chi connectivity index (χ2n) is 7.01. The molecule has 3 rings (SSSR count). The van der Waals surface area contributed by atoms with Crippen LogP contribution in [-0.2, 0) is 4.79 Å². The van der Waals surface area contributed by atoms with Gasteiger partial charge in [0, 0.05) is 37.1 Å². The number of anilines is 1. The van der Waals surface area contributed by atoms with E-state index in [4.69, 9.17) is 11.6 Å². The number of fused-ring (bicyclic) bond motifs is 1. The van der Waals surface area contributed by atoms with E-state index in [0.29, 0.717) is 41.5 Å². The number of rotatable bonds is 4. The molecule has 0 spiro atoms. The molecule has 1 aromatic carbocycles. The van der Waals surface area contributed by atoms with E-state index in [9.17, 15) is 9.18 Å². The van der Waals surface area contributed by atoms with E-state index in [0.717, 1.165) is 12.8 Å². The molecule has 0 aliphatic carbocycles. The van der Waals surface area contributed by atoms with Crippen molar-refractivity contribution in [2.75, 3.05) is 18.4 Å². The summed E-state index contributed by atoms with van der Waals surface area (Å²) in [5.41, 5.74) is 0.719. The molecular weight excluding hydrogens is 341 g/mol. The number of halogens is 2. The van der Waals surface area contributed by atoms with E-state index >= 15 is 0 Å². The fourth-order valence-corrected chi connectivity index (χ4v) is 3.44. The first-order valence-corrected chi connectivity index (χ1v) is 9.10. The van der Waals surface area contributed by atoms with Gasteiger partial charge in [-0.25, -0.2) is 4.39 Å². The Kier molecular flexibility index (Phi) is 5.42. The van der Waals surface area contributed by atoms with Gasteiger partial charge in [-0.05, 0) is 37.0 Å². The molecule has 1 fully saturated rings. The fraction of sp³-hybridized carbons (Fsp3) is 0.474. The smallest absolute Gasteiger partial charge is 0.222 e. The van der Waals surface area contributed by atoms with Crippen molar-refractivity contribution in [3.05, 3.63) is 35.2 Å². The lowest BCUT2D eigenvalue weighted by atomic mass is 10.0. The van der Waals surface area contributed by atoms with Crippen LogP contribution < -0.4 is 5.32 Å². The summed E-state index contributed by atoms with van der Waals surface area (Å²) < 4.78 is 14.7. The normalized spacial score (nSPS) is 15.8. The molecule has 1 saturated heterocycles. The van der Waals surface area contributed by atoms with Gasteiger partial charge in [-0.3, -0.25) is 9.78 Å². The number of aromatic nitrogens is 1. The van der Waals surface area contributed by atoms with Crippen molar-refractivity contribution in [3.63, 3.8) is 0 Å². The van der Waals surface area contributed by atoms with Crippen molar-refractivity contribution in [3.8, 4) is 0 Å². The first kappa shape index (κ1) is 17.9. The van der Waals surface area contributed by atoms with Crippen LogP contribution in [0.4, 0.5) is 10.1 Å². The van der Waals surface area contributed by atoms with Gasteiger partial charge in [0.15, 0.2) is 5.82 Å². The SMILES string of the molecule is CC(C)CC(=O)N1CCC(Nc2ccc3c(Cl)ccnc3c2F)CC1. The summed E-state index contributed by atoms with van der Waals surface area (Å²) in [7, 11) is 0. The lowest BCUT2D eigenvalue weighted by molar-refractivity contribution is -0.132. The summed E-state index contributed by atoms with van der Waals surface area (Å²) in [6, 6.07) is 5.30. The quantitative estimate of drug-likeness (QED) is 0.871. The van der Waals surface area contributed by atoms with Crippen LogP contribution in [0.25, 0.3) is 10.9 Å². The zero-order valence-corrected chi connectivity index (χ0v) is 15.3. The Morgan fingerprint density at radius 2 is 2.08 bits per heavy atom. The van der Waals surface area contributed by atoms with Crippen molar-refractivity contribution >= 4 is 34.1 Å². The van der Waals surface area contributed by atoms with Gasteiger partial charge in [0.25, 0.3) is 0 Å². The Morgan fingerprint density at radius 3 is 2.76 bits per heavy atom. The minimum atomic E-state index is -0.377. The number of benzene rings is 1. The van der Waals surface area contributed by atoms with Gasteiger partial charge < -0.3 is 10.2 Å². The summed E-state index contributed by atoms with van der Waals surface area (Å²) >= 11 is 6.09. The van der Waals surface area contributed by atoms with E-state index in [-0.39, 0.29) is 23.3 Å². The van der Waals surface area contributed by atoms with Crippen LogP contribution >= 0.6 is 11.6 Å². The zero-order chi connectivity index (χ0) is 18.0. The van der Waals surface area contributed by atoms with Gasteiger partial charge in [-0.1, -0.05) is 25.4 Å². The van der Waals surface area contributed by atoms with Crippen LogP contribution in [0.1, 0.15) is 33.1 Å². The molecule has 1 aliphatic rings. The van der Waals surface area contributed by atoms with Crippen LogP contribution in [0.2, 0.25) is 5.02 Å². The van der Waals surface area contributed by atoms with Crippen LogP contribution in [-0.4, -0.2) is 34.9 Å². The number of piperidine rings is 1. The third-order valence-electron chi connectivity index (χ3n) is 4.59. The highest BCUT2D eigenvalue weighted by Crippen LogP contribution is 2.29. The summed E-state index contributed by atoms with van der Waals surface area (Å²) in [6.07, 6.45) is 3.72. The Labute approximate surface area is 152 Å². The number of amides is 1. The largest absolute Gasteiger partial charge is 0.380 e. The van der Waals surface area contributed by atoms with Gasteiger partial charge in [0.2, 0.25) is 5.91 Å². The summed E-state index contributed by atoms with van der Waals surface area (Å²) in [6.45, 7) is 5.52. The van der Waals surface area contributed by atoms with Gasteiger partial charge >= 0.3 is 0 Å². The molecule has 0 unspecified atom stereocenters. The number of likely N-dealkylation sites (tertiary alicyclic amines) is 1. The highest BCUT2D eigenvalue weighted by atomic mass is 35.5. The number of hydrogen-bond donors (Lipinski definition) is 1. The Balaban J connectivity index is 1.65. The van der Waals surface area contributed by atoms with Crippen LogP contribution in [0.3, 0.4) is 0 Å². The lowest BCUT2D eigenvalue weighted by Crippen LogP contribution is -2.42. The van der Waals surface area contributed by atoms with Crippen molar-refractivity contribution in [2.45, 2.75) is 39.2 Å². The highest BCUT2D eigenvalue weighted by molar-refractivity contribution is 6.35. The van der Waals surface area contributed by atoms with E-state index in [1.165, 1.54) is 6.20 Å². The topological polar surface area (TPSA) is 45.2 Å². The number of hydrogen-bond acceptors (Lipinski definition) is 3. The molecule has 1 aliphatic heterocycles. The molecular formula is C19H23ClFN3O. The average molecular weight is 364 g/mol. The molecule has 2 heterocycles. The first-order valence-electron chi connectivity index (χ1n) is 8.72. The predicted octanol–water partition coefficient (Wildman–Crippen LogP) is 4.48. The molecule has 2 aromatic rings. The maximum atomic E-state index is 14.7. The minimum Gasteiger partial charge on any atom is -0.380 e. The number of pyridine rings is 1. The molecule has 4 nitrogen and oxygen atoms in total. The molecule has 0 atom stereocenters. The first-order chi connectivity index (χ1) is 12.0. The maximum absolute atomic E-state index is 14.7. The Hall–Kier alpha value is -1.88. The van der Waals surface area contributed by atoms with Gasteiger partial charge in [0.1, 0.15) is 5.52 Å². The molecule has 0 bridgehead atoms. The minimum absolute atomic E-state index is 0.147. The number of carbonyl (C=O) groups excluding carboxylic acids is 1. The second-order valence-corrected chi connectivity index (χ2v) is 7.42. The van der Waals surface area contributed by atoms with Crippen molar-refractivity contribution in [2.24, 2.45) is 5.92 Å². The third kappa shape index (κ3) is 4.03. The summed E-state index contributed by atoms with van der Waals surface area (Å²) in [5.74, 6) is 0.205. The molecule has 1 N–H and O–H groups in total. The number of carbonyl (C=O) groups is 1. The van der Waals surface area contributed by atoms with Crippen molar-refractivity contribution < 1.29 is 9.18 Å². The second kappa shape index (κ2) is 7.56. The zero-order valence-electron chi connectivity index (χ0n) is 14.6. The monoisotopic (exact) mass is 363 g/mol. The van der Waals surface area contributed by atoms with E-state index in [2.05, 4.69) is 24.1 Å². The molecule has 25 heavy (non-hydrogen) atoms. The van der Waals surface area contributed by atoms with Crippen molar-refractivity contribution in [1.82, 2.24) is 9.88 Å². The third-order valence-corrected chi connectivity index (χ3v) is 4.92. The van der Waals surface area contributed by atoms with Crippen LogP contribution in [0.5, 0.6) is 0 Å². The molecule has 0 radical (unpaired) electrons. The van der Waals surface area contributed by atoms with E-state index in [1.807, 2.05) is 4.90 Å². The molecule has 6 heteroatoms. The summed E-state index contributed by atoms with van der Waals surface area (Å²) in [5, 5.41) is 4.37. The maximum Gasteiger partial charge on any atom is 0.222 e. The van der Waals surface area contributed by atoms with Gasteiger partial charge in [-0.15, -0.1) is 0 Å². The lowest BCUT2D eigenvalue weighted by Gasteiger charge is -2.33. The predicted molar refractivity (Wildman–Crippen MR) is 99.4 cm³/mol. The molecule has 1 aromatic heterocycles. The fourth-order valence-electron chi connectivity index (χ4n) is 3.23. The van der Waals surface area contributed by atoms with Crippen LogP contribution in [0.15, 0.2) is 24.4 Å². The van der Waals surface area contributed by atoms with Gasteiger partial charge in [0.05, 0.1) is 10.7 Å². The number of nitrogens with zero attached hydrogens (tertiary/aromatic N) is 2. The number of nitrogens with one attached hydrogen (secondary N) is 1. The van der Waals surface area contributed by atoms with Crippen LogP contribution in [0, 0.1) is 11.7 Å². The molecule has 134 valence electrons. The standard InChI is InChI=1S/C19H23ClFN3O/c1-12(2)11-17(25)24-9-6-13(7-10-24)23-16-4-3-14-15(20)5-8-22-19(14)18(16)21/h3-5,8,12-13,23H,6-7,9-11H2,1-2H3. The van der Waals surface area contributed by atoms with E-state index < -0.39 is 0 Å². The Bertz CT molecular complexity index is 773.